The third-order valence-electron chi connectivity index (χ3n) is 2.95. The molecule has 4 nitrogen and oxygen atoms in total. The Hall–Kier alpha value is -1.81. The van der Waals surface area contributed by atoms with Crippen molar-refractivity contribution in [2.75, 3.05) is 0 Å². The van der Waals surface area contributed by atoms with E-state index in [4.69, 9.17) is 0 Å². The molecule has 0 aliphatic rings. The molecule has 0 radical (unpaired) electrons. The second-order valence-corrected chi connectivity index (χ2v) is 4.28. The summed E-state index contributed by atoms with van der Waals surface area (Å²) in [6.07, 6.45) is 3.77. The number of nitrogens with zero attached hydrogens (tertiary/aromatic N) is 3. The van der Waals surface area contributed by atoms with E-state index in [1.165, 1.54) is 0 Å². The van der Waals surface area contributed by atoms with Crippen molar-refractivity contribution in [1.29, 1.82) is 0 Å². The zero-order valence-electron chi connectivity index (χ0n) is 10.9. The van der Waals surface area contributed by atoms with E-state index in [-0.39, 0.29) is 0 Å². The molecule has 2 aromatic heterocycles. The molecule has 0 bridgehead atoms. The lowest BCUT2D eigenvalue weighted by Crippen LogP contribution is -2.03. The Bertz CT molecular complexity index is 552. The fraction of sp³-hybridized carbons (Fsp3) is 0.357. The Labute approximate surface area is 107 Å². The minimum atomic E-state index is -0.548. The van der Waals surface area contributed by atoms with Crippen molar-refractivity contribution < 1.29 is 5.11 Å². The van der Waals surface area contributed by atoms with Crippen molar-refractivity contribution in [1.82, 2.24) is 15.0 Å². The number of hydrogen-bond donors (Lipinski definition) is 1. The van der Waals surface area contributed by atoms with Gasteiger partial charge in [0.2, 0.25) is 0 Å². The third kappa shape index (κ3) is 2.38. The standard InChI is InChI=1S/C14H17N3O/c1-4-11-6-5-7-15-13(11)14-16-8-12(10(3)18)9(2)17-14/h5-8,10,18H,4H2,1-3H3/t10-/m1/s1. The highest BCUT2D eigenvalue weighted by Crippen LogP contribution is 2.21. The van der Waals surface area contributed by atoms with Crippen LogP contribution < -0.4 is 0 Å². The minimum absolute atomic E-state index is 0.548. The first-order valence-electron chi connectivity index (χ1n) is 6.09. The summed E-state index contributed by atoms with van der Waals surface area (Å²) in [7, 11) is 0. The van der Waals surface area contributed by atoms with Crippen LogP contribution in [0, 0.1) is 6.92 Å². The smallest absolute Gasteiger partial charge is 0.178 e. The van der Waals surface area contributed by atoms with Gasteiger partial charge in [0.05, 0.1) is 6.10 Å². The molecule has 2 aromatic rings. The van der Waals surface area contributed by atoms with Gasteiger partial charge in [0.15, 0.2) is 5.82 Å². The van der Waals surface area contributed by atoms with Crippen LogP contribution >= 0.6 is 0 Å². The summed E-state index contributed by atoms with van der Waals surface area (Å²) in [5.74, 6) is 0.620. The monoisotopic (exact) mass is 243 g/mol. The van der Waals surface area contributed by atoms with Crippen LogP contribution in [0.2, 0.25) is 0 Å². The maximum absolute atomic E-state index is 9.57. The van der Waals surface area contributed by atoms with E-state index < -0.39 is 6.10 Å². The summed E-state index contributed by atoms with van der Waals surface area (Å²) in [6, 6.07) is 3.95. The van der Waals surface area contributed by atoms with E-state index in [0.29, 0.717) is 5.82 Å². The summed E-state index contributed by atoms with van der Waals surface area (Å²) < 4.78 is 0. The van der Waals surface area contributed by atoms with Gasteiger partial charge in [-0.2, -0.15) is 0 Å². The average Bonchev–Trinajstić information content (AvgIpc) is 2.38. The molecule has 2 rings (SSSR count). The molecule has 0 aliphatic heterocycles. The second-order valence-electron chi connectivity index (χ2n) is 4.28. The van der Waals surface area contributed by atoms with Crippen molar-refractivity contribution in [2.24, 2.45) is 0 Å². The SMILES string of the molecule is CCc1cccnc1-c1ncc([C@@H](C)O)c(C)n1. The average molecular weight is 243 g/mol. The van der Waals surface area contributed by atoms with E-state index in [9.17, 15) is 5.11 Å². The van der Waals surface area contributed by atoms with Crippen LogP contribution in [-0.4, -0.2) is 20.1 Å². The fourth-order valence-electron chi connectivity index (χ4n) is 1.93. The van der Waals surface area contributed by atoms with Crippen molar-refractivity contribution in [3.63, 3.8) is 0 Å². The number of hydrogen-bond acceptors (Lipinski definition) is 4. The number of aromatic nitrogens is 3. The number of rotatable bonds is 3. The zero-order chi connectivity index (χ0) is 13.1. The maximum atomic E-state index is 9.57. The molecule has 4 heteroatoms. The Morgan fingerprint density at radius 3 is 2.72 bits per heavy atom. The van der Waals surface area contributed by atoms with Crippen LogP contribution in [0.25, 0.3) is 11.5 Å². The second kappa shape index (κ2) is 5.23. The Kier molecular flexibility index (Phi) is 3.67. The van der Waals surface area contributed by atoms with Crippen LogP contribution in [0.5, 0.6) is 0 Å². The van der Waals surface area contributed by atoms with Gasteiger partial charge in [0, 0.05) is 23.7 Å². The maximum Gasteiger partial charge on any atom is 0.178 e. The minimum Gasteiger partial charge on any atom is -0.389 e. The first-order valence-corrected chi connectivity index (χ1v) is 6.09. The molecule has 0 amide bonds. The van der Waals surface area contributed by atoms with Crippen LogP contribution in [0.3, 0.4) is 0 Å². The van der Waals surface area contributed by atoms with Gasteiger partial charge in [-0.25, -0.2) is 9.97 Å². The van der Waals surface area contributed by atoms with Gasteiger partial charge in [-0.3, -0.25) is 4.98 Å². The summed E-state index contributed by atoms with van der Waals surface area (Å²) in [4.78, 5) is 13.1. The lowest BCUT2D eigenvalue weighted by Gasteiger charge is -2.10. The summed E-state index contributed by atoms with van der Waals surface area (Å²) in [5, 5.41) is 9.57. The van der Waals surface area contributed by atoms with Crippen molar-refractivity contribution in [3.8, 4) is 11.5 Å². The Morgan fingerprint density at radius 1 is 1.33 bits per heavy atom. The van der Waals surface area contributed by atoms with E-state index in [1.54, 1.807) is 19.3 Å². The van der Waals surface area contributed by atoms with Gasteiger partial charge < -0.3 is 5.11 Å². The van der Waals surface area contributed by atoms with Gasteiger partial charge in [-0.15, -0.1) is 0 Å². The van der Waals surface area contributed by atoms with Crippen LogP contribution in [0.4, 0.5) is 0 Å². The number of pyridine rings is 1. The highest BCUT2D eigenvalue weighted by Gasteiger charge is 2.12. The van der Waals surface area contributed by atoms with Crippen LogP contribution in [0.15, 0.2) is 24.5 Å². The van der Waals surface area contributed by atoms with Crippen molar-refractivity contribution in [2.45, 2.75) is 33.3 Å². The third-order valence-corrected chi connectivity index (χ3v) is 2.95. The van der Waals surface area contributed by atoms with E-state index in [2.05, 4.69) is 21.9 Å². The molecule has 0 spiro atoms. The lowest BCUT2D eigenvalue weighted by molar-refractivity contribution is 0.197. The highest BCUT2D eigenvalue weighted by molar-refractivity contribution is 5.54. The summed E-state index contributed by atoms with van der Waals surface area (Å²) >= 11 is 0. The number of aliphatic hydroxyl groups excluding tert-OH is 1. The lowest BCUT2D eigenvalue weighted by atomic mass is 10.1. The van der Waals surface area contributed by atoms with E-state index in [0.717, 1.165) is 28.9 Å². The largest absolute Gasteiger partial charge is 0.389 e. The van der Waals surface area contributed by atoms with Gasteiger partial charge in [-0.1, -0.05) is 13.0 Å². The molecule has 0 saturated carbocycles. The molecular formula is C14H17N3O. The summed E-state index contributed by atoms with van der Waals surface area (Å²) in [5.41, 5.74) is 3.50. The van der Waals surface area contributed by atoms with Gasteiger partial charge >= 0.3 is 0 Å². The van der Waals surface area contributed by atoms with Crippen molar-refractivity contribution >= 4 is 0 Å². The molecule has 0 aromatic carbocycles. The first-order chi connectivity index (χ1) is 8.63. The molecule has 0 aliphatic carbocycles. The van der Waals surface area contributed by atoms with Gasteiger partial charge in [0.1, 0.15) is 5.69 Å². The molecule has 18 heavy (non-hydrogen) atoms. The molecule has 0 fully saturated rings. The zero-order valence-corrected chi connectivity index (χ0v) is 10.9. The van der Waals surface area contributed by atoms with Crippen molar-refractivity contribution in [3.05, 3.63) is 41.3 Å². The fourth-order valence-corrected chi connectivity index (χ4v) is 1.93. The van der Waals surface area contributed by atoms with Gasteiger partial charge in [0.25, 0.3) is 0 Å². The molecule has 94 valence electrons. The normalized spacial score (nSPS) is 12.4. The van der Waals surface area contributed by atoms with E-state index >= 15 is 0 Å². The molecule has 1 N–H and O–H groups in total. The highest BCUT2D eigenvalue weighted by atomic mass is 16.3. The molecular weight excluding hydrogens is 226 g/mol. The van der Waals surface area contributed by atoms with Crippen LogP contribution in [-0.2, 0) is 6.42 Å². The molecule has 1 atom stereocenters. The molecule has 2 heterocycles. The van der Waals surface area contributed by atoms with E-state index in [1.807, 2.05) is 19.1 Å². The topological polar surface area (TPSA) is 58.9 Å². The Balaban J connectivity index is 2.49. The quantitative estimate of drug-likeness (QED) is 0.899. The number of aliphatic hydroxyl groups is 1. The number of aryl methyl sites for hydroxylation is 2. The van der Waals surface area contributed by atoms with Gasteiger partial charge in [-0.05, 0) is 31.9 Å². The molecule has 0 saturated heterocycles. The predicted octanol–water partition coefficient (Wildman–Crippen LogP) is 2.46. The summed E-state index contributed by atoms with van der Waals surface area (Å²) in [6.45, 7) is 5.67. The predicted molar refractivity (Wildman–Crippen MR) is 70.0 cm³/mol. The molecule has 0 unspecified atom stereocenters. The first kappa shape index (κ1) is 12.6. The Morgan fingerprint density at radius 2 is 2.11 bits per heavy atom. The van der Waals surface area contributed by atoms with Crippen LogP contribution in [0.1, 0.15) is 36.8 Å².